The van der Waals surface area contributed by atoms with E-state index in [0.29, 0.717) is 0 Å². The quantitative estimate of drug-likeness (QED) is 0.780. The van der Waals surface area contributed by atoms with Crippen molar-refractivity contribution in [3.05, 3.63) is 29.3 Å². The molecule has 0 radical (unpaired) electrons. The molecular weight excluding hydrogens is 316 g/mol. The van der Waals surface area contributed by atoms with Gasteiger partial charge in [0.05, 0.1) is 10.8 Å². The van der Waals surface area contributed by atoms with Crippen molar-refractivity contribution in [2.24, 2.45) is 0 Å². The normalized spacial score (nSPS) is 12.8. The summed E-state index contributed by atoms with van der Waals surface area (Å²) >= 11 is 6.83. The first kappa shape index (κ1) is 11.4. The molecule has 13 heavy (non-hydrogen) atoms. The maximum atomic E-state index is 11.4. The molecule has 0 fully saturated rings. The topological polar surface area (TPSA) is 17.1 Å². The molecule has 0 aliphatic carbocycles. The van der Waals surface area contributed by atoms with E-state index in [1.807, 2.05) is 18.2 Å². The summed E-state index contributed by atoms with van der Waals surface area (Å²) in [6.07, 6.45) is 1.71. The first-order valence-electron chi connectivity index (χ1n) is 3.76. The molecule has 1 aromatic rings. The van der Waals surface area contributed by atoms with Gasteiger partial charge in [0, 0.05) is 21.8 Å². The van der Waals surface area contributed by atoms with Crippen molar-refractivity contribution in [3.8, 4) is 0 Å². The predicted octanol–water partition coefficient (Wildman–Crippen LogP) is 3.21. The molecule has 72 valence electrons. The first-order valence-corrected chi connectivity index (χ1v) is 7.57. The van der Waals surface area contributed by atoms with Crippen LogP contribution in [0, 0.1) is 0 Å². The Kier molecular flexibility index (Phi) is 4.62. The lowest BCUT2D eigenvalue weighted by molar-refractivity contribution is 0.686. The number of benzene rings is 1. The summed E-state index contributed by atoms with van der Waals surface area (Å²) in [6, 6.07) is 5.90. The van der Waals surface area contributed by atoms with Crippen LogP contribution in [0.2, 0.25) is 0 Å². The van der Waals surface area contributed by atoms with Gasteiger partial charge in [0.1, 0.15) is 0 Å². The van der Waals surface area contributed by atoms with Crippen LogP contribution >= 0.6 is 31.9 Å². The molecule has 1 unspecified atom stereocenters. The first-order chi connectivity index (χ1) is 6.20. The molecule has 1 rings (SSSR count). The zero-order valence-corrected chi connectivity index (χ0v) is 11.2. The van der Waals surface area contributed by atoms with Crippen LogP contribution in [0.25, 0.3) is 0 Å². The highest BCUT2D eigenvalue weighted by molar-refractivity contribution is 9.09. The molecule has 0 bridgehead atoms. The second kappa shape index (κ2) is 5.27. The minimum absolute atomic E-state index is 0.754. The third-order valence-electron chi connectivity index (χ3n) is 1.82. The molecule has 0 heterocycles. The molecule has 0 aliphatic rings. The molecule has 0 saturated heterocycles. The van der Waals surface area contributed by atoms with Gasteiger partial charge in [-0.15, -0.1) is 0 Å². The molecule has 1 aromatic carbocycles. The zero-order chi connectivity index (χ0) is 9.84. The lowest BCUT2D eigenvalue weighted by atomic mass is 10.1. The molecule has 0 spiro atoms. The van der Waals surface area contributed by atoms with Gasteiger partial charge in [-0.25, -0.2) is 0 Å². The van der Waals surface area contributed by atoms with Crippen LogP contribution in [0.15, 0.2) is 23.1 Å². The molecule has 1 atom stereocenters. The Morgan fingerprint density at radius 3 is 2.46 bits per heavy atom. The van der Waals surface area contributed by atoms with Crippen LogP contribution in [0.1, 0.15) is 11.1 Å². The van der Waals surface area contributed by atoms with Gasteiger partial charge in [-0.3, -0.25) is 4.21 Å². The SMILES string of the molecule is CS(=O)c1cccc(CBr)c1CBr. The molecule has 0 amide bonds. The number of alkyl halides is 2. The van der Waals surface area contributed by atoms with Crippen LogP contribution < -0.4 is 0 Å². The summed E-state index contributed by atoms with van der Waals surface area (Å²) in [6.45, 7) is 0. The third kappa shape index (κ3) is 2.64. The highest BCUT2D eigenvalue weighted by atomic mass is 79.9. The van der Waals surface area contributed by atoms with E-state index in [1.165, 1.54) is 5.56 Å². The van der Waals surface area contributed by atoms with Crippen LogP contribution in [0.4, 0.5) is 0 Å². The average Bonchev–Trinajstić information content (AvgIpc) is 2.16. The highest BCUT2D eigenvalue weighted by Crippen LogP contribution is 2.22. The summed E-state index contributed by atoms with van der Waals surface area (Å²) < 4.78 is 11.4. The molecular formula is C9H10Br2OS. The Hall–Kier alpha value is 0.330. The van der Waals surface area contributed by atoms with Gasteiger partial charge in [0.2, 0.25) is 0 Å². The van der Waals surface area contributed by atoms with Crippen LogP contribution in [0.3, 0.4) is 0 Å². The lowest BCUT2D eigenvalue weighted by Crippen LogP contribution is -1.97. The van der Waals surface area contributed by atoms with Gasteiger partial charge >= 0.3 is 0 Å². The van der Waals surface area contributed by atoms with Crippen LogP contribution in [0.5, 0.6) is 0 Å². The van der Waals surface area contributed by atoms with E-state index in [2.05, 4.69) is 31.9 Å². The van der Waals surface area contributed by atoms with Crippen molar-refractivity contribution in [1.29, 1.82) is 0 Å². The highest BCUT2D eigenvalue weighted by Gasteiger charge is 2.08. The molecule has 0 aromatic heterocycles. The van der Waals surface area contributed by atoms with Crippen molar-refractivity contribution < 1.29 is 4.21 Å². The third-order valence-corrected chi connectivity index (χ3v) is 3.98. The Bertz CT molecular complexity index is 325. The van der Waals surface area contributed by atoms with Crippen molar-refractivity contribution in [1.82, 2.24) is 0 Å². The summed E-state index contributed by atoms with van der Waals surface area (Å²) in [5, 5.41) is 1.56. The second-order valence-corrected chi connectivity index (χ2v) is 5.08. The van der Waals surface area contributed by atoms with Gasteiger partial charge in [-0.2, -0.15) is 0 Å². The molecule has 0 N–H and O–H groups in total. The summed E-state index contributed by atoms with van der Waals surface area (Å²) in [5.74, 6) is 0. The van der Waals surface area contributed by atoms with Crippen molar-refractivity contribution >= 4 is 42.7 Å². The van der Waals surface area contributed by atoms with Crippen LogP contribution in [-0.2, 0) is 21.5 Å². The fourth-order valence-corrected chi connectivity index (χ4v) is 3.35. The Morgan fingerprint density at radius 2 is 2.00 bits per heavy atom. The van der Waals surface area contributed by atoms with Crippen molar-refractivity contribution in [2.45, 2.75) is 15.6 Å². The Morgan fingerprint density at radius 1 is 1.31 bits per heavy atom. The Labute approximate surface area is 97.6 Å². The van der Waals surface area contributed by atoms with Gasteiger partial charge < -0.3 is 0 Å². The fraction of sp³-hybridized carbons (Fsp3) is 0.333. The van der Waals surface area contributed by atoms with E-state index < -0.39 is 10.8 Å². The van der Waals surface area contributed by atoms with E-state index in [4.69, 9.17) is 0 Å². The maximum absolute atomic E-state index is 11.4. The predicted molar refractivity (Wildman–Crippen MR) is 64.0 cm³/mol. The monoisotopic (exact) mass is 324 g/mol. The summed E-state index contributed by atoms with van der Waals surface area (Å²) in [7, 11) is -0.903. The number of hydrogen-bond donors (Lipinski definition) is 0. The average molecular weight is 326 g/mol. The zero-order valence-electron chi connectivity index (χ0n) is 7.22. The van der Waals surface area contributed by atoms with E-state index in [9.17, 15) is 4.21 Å². The molecule has 0 saturated carbocycles. The number of rotatable bonds is 3. The lowest BCUT2D eigenvalue weighted by Gasteiger charge is -2.08. The minimum atomic E-state index is -0.903. The number of halogens is 2. The van der Waals surface area contributed by atoms with Crippen LogP contribution in [-0.4, -0.2) is 10.5 Å². The number of hydrogen-bond acceptors (Lipinski definition) is 1. The smallest absolute Gasteiger partial charge is 0.0501 e. The van der Waals surface area contributed by atoms with Crippen molar-refractivity contribution in [3.63, 3.8) is 0 Å². The van der Waals surface area contributed by atoms with E-state index in [1.54, 1.807) is 6.26 Å². The summed E-state index contributed by atoms with van der Waals surface area (Å²) in [5.41, 5.74) is 2.34. The summed E-state index contributed by atoms with van der Waals surface area (Å²) in [4.78, 5) is 0.925. The van der Waals surface area contributed by atoms with Gasteiger partial charge in [0.15, 0.2) is 0 Å². The molecule has 0 aliphatic heterocycles. The van der Waals surface area contributed by atoms with Gasteiger partial charge in [-0.05, 0) is 17.2 Å². The minimum Gasteiger partial charge on any atom is -0.255 e. The van der Waals surface area contributed by atoms with E-state index in [-0.39, 0.29) is 0 Å². The maximum Gasteiger partial charge on any atom is 0.0501 e. The van der Waals surface area contributed by atoms with Crippen molar-refractivity contribution in [2.75, 3.05) is 6.26 Å². The van der Waals surface area contributed by atoms with Gasteiger partial charge in [-0.1, -0.05) is 44.0 Å². The second-order valence-electron chi connectivity index (χ2n) is 2.62. The fourth-order valence-electron chi connectivity index (χ4n) is 1.16. The molecule has 1 nitrogen and oxygen atoms in total. The molecule has 4 heteroatoms. The largest absolute Gasteiger partial charge is 0.255 e. The van der Waals surface area contributed by atoms with E-state index in [0.717, 1.165) is 21.1 Å². The van der Waals surface area contributed by atoms with E-state index >= 15 is 0 Å². The van der Waals surface area contributed by atoms with Gasteiger partial charge in [0.25, 0.3) is 0 Å². The Balaban J connectivity index is 3.27. The standard InChI is InChI=1S/C9H10Br2OS/c1-13(12)9-4-2-3-7(5-10)8(9)6-11/h2-4H,5-6H2,1H3.